The number of benzene rings is 2. The maximum Gasteiger partial charge on any atom is 0.202 e. The number of carbonyl (C=O) groups excluding carboxylic acids is 3. The van der Waals surface area contributed by atoms with E-state index < -0.39 is 36.5 Å². The predicted molar refractivity (Wildman–Crippen MR) is 163 cm³/mol. The topological polar surface area (TPSA) is 237 Å². The first kappa shape index (κ1) is 37.3. The van der Waals surface area contributed by atoms with Crippen molar-refractivity contribution >= 4 is 17.3 Å². The van der Waals surface area contributed by atoms with Crippen LogP contribution in [0.5, 0.6) is 17.2 Å². The first-order valence-electron chi connectivity index (χ1n) is 14.3. The van der Waals surface area contributed by atoms with E-state index in [4.69, 9.17) is 35.6 Å². The third-order valence-corrected chi connectivity index (χ3v) is 7.82. The number of methoxy groups -OCH3 is 1. The fourth-order valence-corrected chi connectivity index (χ4v) is 5.32. The van der Waals surface area contributed by atoms with Gasteiger partial charge in [-0.15, -0.1) is 0 Å². The average molecular weight is 634 g/mol. The van der Waals surface area contributed by atoms with Crippen LogP contribution in [0.25, 0.3) is 0 Å². The van der Waals surface area contributed by atoms with E-state index >= 15 is 0 Å². The zero-order valence-electron chi connectivity index (χ0n) is 26.0. The number of aromatic hydroxyl groups is 2. The van der Waals surface area contributed by atoms with Gasteiger partial charge in [0.2, 0.25) is 5.78 Å². The Kier molecular flexibility index (Phi) is 13.7. The van der Waals surface area contributed by atoms with E-state index in [2.05, 4.69) is 0 Å². The van der Waals surface area contributed by atoms with Crippen molar-refractivity contribution in [3.05, 3.63) is 63.4 Å². The van der Waals surface area contributed by atoms with Gasteiger partial charge in [0.1, 0.15) is 23.9 Å². The molecule has 3 aliphatic rings. The maximum atomic E-state index is 13.1. The fraction of sp³-hybridized carbons (Fsp3) is 0.469. The number of ketones is 3. The summed E-state index contributed by atoms with van der Waals surface area (Å²) in [4.78, 5) is 38.1. The lowest BCUT2D eigenvalue weighted by Gasteiger charge is -2.33. The summed E-state index contributed by atoms with van der Waals surface area (Å²) < 4.78 is 10.1. The Labute approximate surface area is 261 Å². The summed E-state index contributed by atoms with van der Waals surface area (Å²) in [7, 11) is 2.38. The molecule has 0 spiro atoms. The number of allylic oxidation sites excluding steroid dienone is 2. The van der Waals surface area contributed by atoms with Crippen LogP contribution in [-0.4, -0.2) is 98.5 Å². The Bertz CT molecular complexity index is 1400. The molecule has 13 heteroatoms. The number of aliphatic hydroxyl groups excluding tert-OH is 5. The molecule has 1 fully saturated rings. The summed E-state index contributed by atoms with van der Waals surface area (Å²) in [6, 6.07) is 4.22. The number of nitrogens with two attached hydrogens (primary N) is 1. The normalized spacial score (nSPS) is 23.3. The number of hydrogen-bond donors (Lipinski definition) is 8. The molecule has 1 aliphatic heterocycles. The standard InChI is InChI=1S/C21H18O7.C6H13NO3.C4H8O.CH4O/c1-28-14-4-2-3-11-15(14)21(27)17-16(19(11)25)20(26)12-7-9(13(23)8-22)5-6-10(12)18(17)24;1-3-6(9)4(7)2-5(8)10-3;1-3-4(2)5;1-2/h2-4,9,22,24,26H,5-8H2,1H3;3-6,8-9H,2,7H2,1H3;3,5H,1-2H3;2H,1H3/b;;4-3+;. The molecule has 2 aromatic carbocycles. The van der Waals surface area contributed by atoms with Crippen molar-refractivity contribution in [3.8, 4) is 17.2 Å². The van der Waals surface area contributed by atoms with Crippen molar-refractivity contribution in [2.75, 3.05) is 20.8 Å². The predicted octanol–water partition coefficient (Wildman–Crippen LogP) is 1.43. The number of hydrogen-bond acceptors (Lipinski definition) is 13. The zero-order valence-corrected chi connectivity index (χ0v) is 26.0. The highest BCUT2D eigenvalue weighted by Crippen LogP contribution is 2.47. The van der Waals surface area contributed by atoms with Crippen LogP contribution in [-0.2, 0) is 22.4 Å². The maximum absolute atomic E-state index is 13.1. The molecule has 1 heterocycles. The molecule has 2 aliphatic carbocycles. The van der Waals surface area contributed by atoms with Crippen LogP contribution < -0.4 is 10.5 Å². The number of aliphatic hydroxyl groups is 5. The van der Waals surface area contributed by atoms with E-state index in [0.29, 0.717) is 24.2 Å². The molecule has 0 amide bonds. The first-order valence-corrected chi connectivity index (χ1v) is 14.3. The van der Waals surface area contributed by atoms with Gasteiger partial charge in [-0.3, -0.25) is 14.4 Å². The molecule has 0 radical (unpaired) electrons. The van der Waals surface area contributed by atoms with Gasteiger partial charge in [0, 0.05) is 42.2 Å². The van der Waals surface area contributed by atoms with Crippen LogP contribution in [0, 0.1) is 5.92 Å². The third-order valence-electron chi connectivity index (χ3n) is 7.82. The van der Waals surface area contributed by atoms with E-state index in [1.54, 1.807) is 39.0 Å². The van der Waals surface area contributed by atoms with Crippen molar-refractivity contribution in [2.45, 2.75) is 71.0 Å². The van der Waals surface area contributed by atoms with Crippen LogP contribution in [0.15, 0.2) is 30.0 Å². The molecule has 0 aromatic heterocycles. The molecule has 9 N–H and O–H groups in total. The molecule has 13 nitrogen and oxygen atoms in total. The minimum absolute atomic E-state index is 0.0568. The summed E-state index contributed by atoms with van der Waals surface area (Å²) >= 11 is 0. The van der Waals surface area contributed by atoms with Gasteiger partial charge in [0.25, 0.3) is 0 Å². The minimum Gasteiger partial charge on any atom is -0.513 e. The number of ether oxygens (including phenoxy) is 2. The van der Waals surface area contributed by atoms with Crippen molar-refractivity contribution in [1.82, 2.24) is 0 Å². The number of phenolic OH excluding ortho intramolecular Hbond substituents is 2. The molecule has 5 unspecified atom stereocenters. The number of Topliss-reactive ketones (excluding diaryl/α,β-unsaturated/α-hetero) is 1. The van der Waals surface area contributed by atoms with E-state index in [-0.39, 0.29) is 75.8 Å². The van der Waals surface area contributed by atoms with E-state index in [1.807, 2.05) is 0 Å². The Balaban J connectivity index is 0.000000342. The number of fused-ring (bicyclic) bond motifs is 3. The quantitative estimate of drug-likeness (QED) is 0.151. The Morgan fingerprint density at radius 2 is 1.64 bits per heavy atom. The third kappa shape index (κ3) is 8.06. The summed E-state index contributed by atoms with van der Waals surface area (Å²) in [5, 5.41) is 64.1. The first-order chi connectivity index (χ1) is 21.3. The van der Waals surface area contributed by atoms with E-state index in [9.17, 15) is 29.7 Å². The molecule has 5 atom stereocenters. The van der Waals surface area contributed by atoms with Crippen molar-refractivity contribution in [1.29, 1.82) is 0 Å². The van der Waals surface area contributed by atoms with Crippen molar-refractivity contribution in [2.24, 2.45) is 11.7 Å². The van der Waals surface area contributed by atoms with Gasteiger partial charge in [-0.2, -0.15) is 0 Å². The van der Waals surface area contributed by atoms with Crippen LogP contribution in [0.4, 0.5) is 0 Å². The SMILES string of the molecule is C/C=C(\C)O.CC1OC(O)CC(N)C1O.CO.COc1cccc2c1C(=O)c1c(O)c3c(c(O)c1C2=O)CC(C(=O)CO)CC3. The number of rotatable bonds is 3. The Morgan fingerprint density at radius 1 is 1.07 bits per heavy atom. The molecule has 45 heavy (non-hydrogen) atoms. The summed E-state index contributed by atoms with van der Waals surface area (Å²) in [5.74, 6) is -2.18. The van der Waals surface area contributed by atoms with Crippen LogP contribution >= 0.6 is 0 Å². The van der Waals surface area contributed by atoms with E-state index in [0.717, 1.165) is 7.11 Å². The molecule has 248 valence electrons. The lowest BCUT2D eigenvalue weighted by Crippen LogP contribution is -2.51. The van der Waals surface area contributed by atoms with Crippen LogP contribution in [0.2, 0.25) is 0 Å². The highest BCUT2D eigenvalue weighted by Gasteiger charge is 2.41. The second-order valence-electron chi connectivity index (χ2n) is 10.6. The van der Waals surface area contributed by atoms with Crippen LogP contribution in [0.3, 0.4) is 0 Å². The molecule has 2 aromatic rings. The van der Waals surface area contributed by atoms with Crippen LogP contribution in [0.1, 0.15) is 76.6 Å². The Hall–Kier alpha value is -3.85. The van der Waals surface area contributed by atoms with E-state index in [1.165, 1.54) is 13.2 Å². The highest BCUT2D eigenvalue weighted by atomic mass is 16.6. The number of carbonyl (C=O) groups is 3. The van der Waals surface area contributed by atoms with Gasteiger partial charge in [0.05, 0.1) is 41.8 Å². The largest absolute Gasteiger partial charge is 0.513 e. The van der Waals surface area contributed by atoms with Gasteiger partial charge >= 0.3 is 0 Å². The Morgan fingerprint density at radius 3 is 2.18 bits per heavy atom. The fourth-order valence-electron chi connectivity index (χ4n) is 5.32. The van der Waals surface area contributed by atoms with Gasteiger partial charge in [-0.05, 0) is 46.1 Å². The molecule has 0 saturated carbocycles. The monoisotopic (exact) mass is 633 g/mol. The lowest BCUT2D eigenvalue weighted by molar-refractivity contribution is -0.198. The molecule has 5 rings (SSSR count). The summed E-state index contributed by atoms with van der Waals surface area (Å²) in [5.41, 5.74) is 5.77. The second-order valence-corrected chi connectivity index (χ2v) is 10.6. The van der Waals surface area contributed by atoms with Gasteiger partial charge in [-0.1, -0.05) is 18.2 Å². The van der Waals surface area contributed by atoms with Gasteiger partial charge < -0.3 is 51.0 Å². The van der Waals surface area contributed by atoms with Crippen molar-refractivity contribution < 1.29 is 59.6 Å². The summed E-state index contributed by atoms with van der Waals surface area (Å²) in [6.45, 7) is 4.50. The second kappa shape index (κ2) is 16.5. The van der Waals surface area contributed by atoms with Crippen molar-refractivity contribution in [3.63, 3.8) is 0 Å². The number of phenols is 2. The lowest BCUT2D eigenvalue weighted by atomic mass is 9.75. The molecular weight excluding hydrogens is 590 g/mol. The molecule has 1 saturated heterocycles. The summed E-state index contributed by atoms with van der Waals surface area (Å²) in [6.07, 6.45) is 0.841. The molecule has 0 bridgehead atoms. The van der Waals surface area contributed by atoms with Gasteiger partial charge in [-0.25, -0.2) is 0 Å². The zero-order chi connectivity index (χ0) is 34.2. The minimum atomic E-state index is -0.812. The van der Waals surface area contributed by atoms with Gasteiger partial charge in [0.15, 0.2) is 17.9 Å². The highest BCUT2D eigenvalue weighted by molar-refractivity contribution is 6.31. The molecular formula is C32H43NO12. The average Bonchev–Trinajstić information content (AvgIpc) is 3.04. The smallest absolute Gasteiger partial charge is 0.202 e.